The van der Waals surface area contributed by atoms with Crippen LogP contribution in [0.3, 0.4) is 0 Å². The molecule has 0 spiro atoms. The highest BCUT2D eigenvalue weighted by Gasteiger charge is 2.68. The maximum atomic E-state index is 13.9. The number of carbonyl (C=O) groups is 2. The number of ketones is 1. The predicted octanol–water partition coefficient (Wildman–Crippen LogP) is 4.34. The number of esters is 1. The van der Waals surface area contributed by atoms with Crippen molar-refractivity contribution in [3.05, 3.63) is 60.1 Å². The molecule has 3 heterocycles. The number of carbonyl (C=O) groups excluding carboxylic acids is 2. The summed E-state index contributed by atoms with van der Waals surface area (Å²) in [6.45, 7) is 7.41. The molecule has 2 aliphatic heterocycles. The highest BCUT2D eigenvalue weighted by Crippen LogP contribution is 2.57. The van der Waals surface area contributed by atoms with Crippen molar-refractivity contribution in [2.24, 2.45) is 10.8 Å². The number of rotatable bonds is 4. The summed E-state index contributed by atoms with van der Waals surface area (Å²) in [5.74, 6) is -1.09. The third kappa shape index (κ3) is 2.99. The first-order valence-electron chi connectivity index (χ1n) is 10.5. The second-order valence-corrected chi connectivity index (χ2v) is 9.02. The van der Waals surface area contributed by atoms with Gasteiger partial charge in [0.05, 0.1) is 30.9 Å². The number of anilines is 1. The van der Waals surface area contributed by atoms with E-state index in [2.05, 4.69) is 6.07 Å². The fraction of sp³-hybridized carbons (Fsp3) is 0.400. The van der Waals surface area contributed by atoms with Crippen molar-refractivity contribution in [2.45, 2.75) is 45.7 Å². The molecule has 1 aromatic heterocycles. The lowest BCUT2D eigenvalue weighted by Gasteiger charge is -2.37. The molecular weight excluding hydrogens is 392 g/mol. The molecule has 0 amide bonds. The molecule has 6 nitrogen and oxygen atoms in total. The molecule has 0 N–H and O–H groups in total. The third-order valence-corrected chi connectivity index (χ3v) is 6.20. The van der Waals surface area contributed by atoms with Gasteiger partial charge in [-0.15, -0.1) is 0 Å². The van der Waals surface area contributed by atoms with E-state index in [9.17, 15) is 14.9 Å². The molecule has 1 fully saturated rings. The minimum absolute atomic E-state index is 0.0644. The van der Waals surface area contributed by atoms with Gasteiger partial charge in [0.15, 0.2) is 11.2 Å². The topological polar surface area (TPSA) is 83.5 Å². The van der Waals surface area contributed by atoms with Crippen LogP contribution in [0.4, 0.5) is 5.69 Å². The first-order chi connectivity index (χ1) is 14.8. The van der Waals surface area contributed by atoms with Crippen molar-refractivity contribution >= 4 is 23.5 Å². The molecule has 0 saturated carbocycles. The molecule has 160 valence electrons. The Labute approximate surface area is 182 Å². The molecule has 0 aliphatic carbocycles. The Kier molecular flexibility index (Phi) is 5.01. The smallest absolute Gasteiger partial charge is 0.329 e. The molecule has 4 rings (SSSR count). The maximum Gasteiger partial charge on any atom is 0.329 e. The van der Waals surface area contributed by atoms with Crippen molar-refractivity contribution in [2.75, 3.05) is 11.5 Å². The van der Waals surface area contributed by atoms with Crippen LogP contribution < -0.4 is 4.90 Å². The molecule has 4 atom stereocenters. The zero-order chi connectivity index (χ0) is 22.4. The molecule has 0 radical (unpaired) electrons. The van der Waals surface area contributed by atoms with E-state index >= 15 is 0 Å². The summed E-state index contributed by atoms with van der Waals surface area (Å²) in [6.07, 6.45) is 5.25. The van der Waals surface area contributed by atoms with Gasteiger partial charge in [0.1, 0.15) is 11.8 Å². The van der Waals surface area contributed by atoms with Gasteiger partial charge in [0, 0.05) is 11.1 Å². The average molecular weight is 418 g/mol. The van der Waals surface area contributed by atoms with Gasteiger partial charge in [0.25, 0.3) is 0 Å². The number of furan rings is 1. The van der Waals surface area contributed by atoms with Crippen molar-refractivity contribution in [1.29, 1.82) is 5.26 Å². The van der Waals surface area contributed by atoms with Crippen LogP contribution in [-0.2, 0) is 14.3 Å². The second kappa shape index (κ2) is 7.42. The van der Waals surface area contributed by atoms with E-state index in [1.807, 2.05) is 62.1 Å². The quantitative estimate of drug-likeness (QED) is 0.687. The third-order valence-electron chi connectivity index (χ3n) is 6.20. The predicted molar refractivity (Wildman–Crippen MR) is 116 cm³/mol. The first kappa shape index (κ1) is 20.9. The number of benzene rings is 1. The fourth-order valence-corrected chi connectivity index (χ4v) is 4.84. The molecular formula is C25H26N2O4. The number of nitrogens with zero attached hydrogens (tertiary/aromatic N) is 2. The Morgan fingerprint density at radius 1 is 1.23 bits per heavy atom. The van der Waals surface area contributed by atoms with Crippen molar-refractivity contribution in [1.82, 2.24) is 0 Å². The number of ether oxygens (including phenoxy) is 1. The maximum absolute atomic E-state index is 13.9. The molecule has 2 aliphatic rings. The van der Waals surface area contributed by atoms with Gasteiger partial charge < -0.3 is 14.1 Å². The number of hydrogen-bond donors (Lipinski definition) is 0. The summed E-state index contributed by atoms with van der Waals surface area (Å²) in [5, 5.41) is 10.5. The number of hydrogen-bond acceptors (Lipinski definition) is 6. The summed E-state index contributed by atoms with van der Waals surface area (Å²) in [7, 11) is 0. The van der Waals surface area contributed by atoms with Gasteiger partial charge in [-0.05, 0) is 30.7 Å². The van der Waals surface area contributed by atoms with E-state index in [0.717, 1.165) is 11.3 Å². The van der Waals surface area contributed by atoms with E-state index in [0.29, 0.717) is 5.76 Å². The minimum Gasteiger partial charge on any atom is -0.469 e. The molecule has 6 heteroatoms. The van der Waals surface area contributed by atoms with Crippen LogP contribution in [0.15, 0.2) is 53.2 Å². The summed E-state index contributed by atoms with van der Waals surface area (Å²) >= 11 is 0. The van der Waals surface area contributed by atoms with E-state index in [1.165, 1.54) is 6.26 Å². The monoisotopic (exact) mass is 418 g/mol. The van der Waals surface area contributed by atoms with E-state index in [-0.39, 0.29) is 12.4 Å². The normalized spacial score (nSPS) is 26.7. The van der Waals surface area contributed by atoms with E-state index in [1.54, 1.807) is 19.1 Å². The summed E-state index contributed by atoms with van der Waals surface area (Å²) < 4.78 is 11.2. The van der Waals surface area contributed by atoms with E-state index < -0.39 is 34.8 Å². The lowest BCUT2D eigenvalue weighted by atomic mass is 9.68. The fourth-order valence-electron chi connectivity index (χ4n) is 4.84. The van der Waals surface area contributed by atoms with Crippen LogP contribution in [0.25, 0.3) is 6.08 Å². The van der Waals surface area contributed by atoms with Crippen LogP contribution in [0.1, 0.15) is 44.9 Å². The van der Waals surface area contributed by atoms with Gasteiger partial charge >= 0.3 is 5.97 Å². The molecule has 1 aromatic carbocycles. The van der Waals surface area contributed by atoms with Crippen LogP contribution >= 0.6 is 0 Å². The standard InChI is InChI=1S/C25H26N2O4/c1-5-30-23(29)25(15-26)19-13-12-16-9-6-7-10-17(16)27(19)21(22(28)24(2,3)4)20(25)18-11-8-14-31-18/h6-14,19-21H,5H2,1-4H3/t19?,20-,21+,25-/m1/s1. The number of para-hydroxylation sites is 1. The Bertz CT molecular complexity index is 1070. The van der Waals surface area contributed by atoms with Crippen molar-refractivity contribution < 1.29 is 18.7 Å². The van der Waals surface area contributed by atoms with Crippen LogP contribution in [0.5, 0.6) is 0 Å². The Balaban J connectivity index is 2.04. The number of fused-ring (bicyclic) bond motifs is 3. The van der Waals surface area contributed by atoms with Gasteiger partial charge in [0.2, 0.25) is 0 Å². The van der Waals surface area contributed by atoms with Gasteiger partial charge in [-0.2, -0.15) is 5.26 Å². The summed E-state index contributed by atoms with van der Waals surface area (Å²) in [4.78, 5) is 29.2. The van der Waals surface area contributed by atoms with Crippen LogP contribution in [0, 0.1) is 22.2 Å². The Morgan fingerprint density at radius 3 is 2.58 bits per heavy atom. The highest BCUT2D eigenvalue weighted by molar-refractivity contribution is 5.99. The van der Waals surface area contributed by atoms with Crippen LogP contribution in [-0.4, -0.2) is 30.4 Å². The highest BCUT2D eigenvalue weighted by atomic mass is 16.5. The zero-order valence-electron chi connectivity index (χ0n) is 18.2. The lowest BCUT2D eigenvalue weighted by Crippen LogP contribution is -2.48. The lowest BCUT2D eigenvalue weighted by molar-refractivity contribution is -0.153. The number of nitriles is 1. The van der Waals surface area contributed by atoms with Crippen molar-refractivity contribution in [3.8, 4) is 6.07 Å². The Morgan fingerprint density at radius 2 is 1.97 bits per heavy atom. The second-order valence-electron chi connectivity index (χ2n) is 9.02. The molecule has 1 unspecified atom stereocenters. The van der Waals surface area contributed by atoms with Crippen molar-refractivity contribution in [3.63, 3.8) is 0 Å². The summed E-state index contributed by atoms with van der Waals surface area (Å²) in [5.41, 5.74) is -0.586. The molecule has 0 bridgehead atoms. The average Bonchev–Trinajstić information content (AvgIpc) is 3.37. The SMILES string of the molecule is CCOC(=O)[C@]1(C#N)C2C=Cc3ccccc3N2[C@H](C(=O)C(C)(C)C)[C@H]1c1ccco1. The largest absolute Gasteiger partial charge is 0.469 e. The number of Topliss-reactive ketones (excluding diaryl/α,β-unsaturated/α-hetero) is 1. The van der Waals surface area contributed by atoms with Gasteiger partial charge in [-0.25, -0.2) is 0 Å². The van der Waals surface area contributed by atoms with Gasteiger partial charge in [-0.3, -0.25) is 9.59 Å². The molecule has 2 aromatic rings. The molecule has 31 heavy (non-hydrogen) atoms. The minimum atomic E-state index is -1.64. The Hall–Kier alpha value is -3.33. The molecule has 1 saturated heterocycles. The first-order valence-corrected chi connectivity index (χ1v) is 10.5. The van der Waals surface area contributed by atoms with Gasteiger partial charge in [-0.1, -0.05) is 51.1 Å². The van der Waals surface area contributed by atoms with Crippen LogP contribution in [0.2, 0.25) is 0 Å². The zero-order valence-corrected chi connectivity index (χ0v) is 18.2. The van der Waals surface area contributed by atoms with E-state index in [4.69, 9.17) is 9.15 Å². The summed E-state index contributed by atoms with van der Waals surface area (Å²) in [6, 6.07) is 12.0.